The standard InChI is InChI=1S/C18H25Cl2N5S/c1-3-24(4-2)10-5-9-21-18(26)22-17-8-11-25(23-17)13-14-6-7-15(19)16(20)12-14/h6-8,11-12H,3-5,9-10,13H2,1-2H3,(H2,21,22,23,26). The Labute approximate surface area is 170 Å². The molecule has 8 heteroatoms. The van der Waals surface area contributed by atoms with E-state index in [4.69, 9.17) is 35.4 Å². The Hall–Kier alpha value is -1.34. The fourth-order valence-electron chi connectivity index (χ4n) is 2.55. The summed E-state index contributed by atoms with van der Waals surface area (Å²) in [6.45, 7) is 9.04. The van der Waals surface area contributed by atoms with Gasteiger partial charge in [-0.15, -0.1) is 0 Å². The molecule has 2 aromatic rings. The molecule has 0 aliphatic carbocycles. The first-order valence-corrected chi connectivity index (χ1v) is 9.92. The third-order valence-corrected chi connectivity index (χ3v) is 5.03. The number of nitrogens with one attached hydrogen (secondary N) is 2. The van der Waals surface area contributed by atoms with Crippen molar-refractivity contribution in [3.8, 4) is 0 Å². The summed E-state index contributed by atoms with van der Waals surface area (Å²) < 4.78 is 1.82. The van der Waals surface area contributed by atoms with E-state index in [0.29, 0.717) is 27.5 Å². The minimum atomic E-state index is 0.546. The maximum absolute atomic E-state index is 6.05. The maximum Gasteiger partial charge on any atom is 0.171 e. The first-order chi connectivity index (χ1) is 12.5. The molecule has 1 aromatic heterocycles. The SMILES string of the molecule is CCN(CC)CCCNC(=S)Nc1ccn(Cc2ccc(Cl)c(Cl)c2)n1. The van der Waals surface area contributed by atoms with Gasteiger partial charge < -0.3 is 15.5 Å². The minimum absolute atomic E-state index is 0.546. The van der Waals surface area contributed by atoms with Crippen LogP contribution in [0.5, 0.6) is 0 Å². The second-order valence-electron chi connectivity index (χ2n) is 5.91. The summed E-state index contributed by atoms with van der Waals surface area (Å²) in [5, 5.41) is 12.5. The van der Waals surface area contributed by atoms with Crippen LogP contribution in [-0.4, -0.2) is 46.0 Å². The lowest BCUT2D eigenvalue weighted by atomic mass is 10.2. The summed E-state index contributed by atoms with van der Waals surface area (Å²) in [4.78, 5) is 2.39. The molecule has 142 valence electrons. The van der Waals surface area contributed by atoms with Crippen molar-refractivity contribution in [3.63, 3.8) is 0 Å². The fourth-order valence-corrected chi connectivity index (χ4v) is 3.07. The van der Waals surface area contributed by atoms with E-state index in [1.165, 1.54) is 0 Å². The molecule has 1 heterocycles. The van der Waals surface area contributed by atoms with Crippen molar-refractivity contribution in [2.75, 3.05) is 31.5 Å². The highest BCUT2D eigenvalue weighted by Crippen LogP contribution is 2.23. The van der Waals surface area contributed by atoms with Gasteiger partial charge in [0, 0.05) is 18.8 Å². The summed E-state index contributed by atoms with van der Waals surface area (Å²) in [5.74, 6) is 0.714. The van der Waals surface area contributed by atoms with Gasteiger partial charge in [0.1, 0.15) is 0 Å². The fraction of sp³-hybridized carbons (Fsp3) is 0.444. The summed E-state index contributed by atoms with van der Waals surface area (Å²) >= 11 is 17.3. The highest BCUT2D eigenvalue weighted by Gasteiger charge is 2.05. The van der Waals surface area contributed by atoms with Gasteiger partial charge in [-0.05, 0) is 56.0 Å². The van der Waals surface area contributed by atoms with Gasteiger partial charge >= 0.3 is 0 Å². The Kier molecular flexibility index (Phi) is 8.65. The van der Waals surface area contributed by atoms with E-state index in [1.54, 1.807) is 6.07 Å². The van der Waals surface area contributed by atoms with Gasteiger partial charge in [-0.3, -0.25) is 4.68 Å². The average Bonchev–Trinajstić information content (AvgIpc) is 3.05. The van der Waals surface area contributed by atoms with Gasteiger partial charge in [0.05, 0.1) is 16.6 Å². The second-order valence-corrected chi connectivity index (χ2v) is 7.13. The largest absolute Gasteiger partial charge is 0.362 e. The molecule has 0 aliphatic rings. The number of rotatable bonds is 9. The molecule has 0 unspecified atom stereocenters. The van der Waals surface area contributed by atoms with Gasteiger partial charge in [-0.1, -0.05) is 43.1 Å². The van der Waals surface area contributed by atoms with Gasteiger partial charge in [0.2, 0.25) is 0 Å². The van der Waals surface area contributed by atoms with E-state index < -0.39 is 0 Å². The predicted molar refractivity (Wildman–Crippen MR) is 114 cm³/mol. The lowest BCUT2D eigenvalue weighted by Crippen LogP contribution is -2.32. The molecule has 0 bridgehead atoms. The molecule has 1 aromatic carbocycles. The number of hydrogen-bond donors (Lipinski definition) is 2. The number of halogens is 2. The third kappa shape index (κ3) is 6.76. The molecule has 0 amide bonds. The predicted octanol–water partition coefficient (Wildman–Crippen LogP) is 4.26. The van der Waals surface area contributed by atoms with Crippen molar-refractivity contribution in [2.24, 2.45) is 0 Å². The smallest absolute Gasteiger partial charge is 0.171 e. The van der Waals surface area contributed by atoms with Crippen LogP contribution < -0.4 is 10.6 Å². The lowest BCUT2D eigenvalue weighted by Gasteiger charge is -2.18. The minimum Gasteiger partial charge on any atom is -0.362 e. The van der Waals surface area contributed by atoms with Gasteiger partial charge in [-0.2, -0.15) is 5.10 Å². The topological polar surface area (TPSA) is 45.1 Å². The van der Waals surface area contributed by atoms with Crippen LogP contribution in [0.15, 0.2) is 30.5 Å². The van der Waals surface area contributed by atoms with Crippen LogP contribution in [0.3, 0.4) is 0 Å². The first kappa shape index (κ1) is 21.0. The van der Waals surface area contributed by atoms with Crippen LogP contribution in [0.2, 0.25) is 10.0 Å². The van der Waals surface area contributed by atoms with Crippen LogP contribution in [0, 0.1) is 0 Å². The Balaban J connectivity index is 1.76. The summed E-state index contributed by atoms with van der Waals surface area (Å²) in [5.41, 5.74) is 1.03. The Bertz CT molecular complexity index is 715. The highest BCUT2D eigenvalue weighted by molar-refractivity contribution is 7.80. The summed E-state index contributed by atoms with van der Waals surface area (Å²) in [6.07, 6.45) is 2.95. The molecule has 0 saturated carbocycles. The van der Waals surface area contributed by atoms with Crippen molar-refractivity contribution in [2.45, 2.75) is 26.8 Å². The zero-order valence-electron chi connectivity index (χ0n) is 15.1. The molecular weight excluding hydrogens is 389 g/mol. The van der Waals surface area contributed by atoms with Gasteiger partial charge in [-0.25, -0.2) is 0 Å². The molecule has 26 heavy (non-hydrogen) atoms. The van der Waals surface area contributed by atoms with E-state index in [9.17, 15) is 0 Å². The van der Waals surface area contributed by atoms with Crippen LogP contribution in [0.4, 0.5) is 5.82 Å². The quantitative estimate of drug-likeness (QED) is 0.474. The van der Waals surface area contributed by atoms with Crippen LogP contribution in [-0.2, 0) is 6.54 Å². The molecule has 0 spiro atoms. The van der Waals surface area contributed by atoms with Crippen molar-refractivity contribution in [3.05, 3.63) is 46.1 Å². The summed E-state index contributed by atoms with van der Waals surface area (Å²) in [6, 6.07) is 7.46. The Morgan fingerprint density at radius 2 is 1.96 bits per heavy atom. The first-order valence-electron chi connectivity index (χ1n) is 8.76. The van der Waals surface area contributed by atoms with E-state index in [0.717, 1.165) is 38.2 Å². The van der Waals surface area contributed by atoms with Gasteiger partial charge in [0.15, 0.2) is 10.9 Å². The molecule has 0 saturated heterocycles. The van der Waals surface area contributed by atoms with Crippen molar-refractivity contribution in [1.29, 1.82) is 0 Å². The number of nitrogens with zero attached hydrogens (tertiary/aromatic N) is 3. The van der Waals surface area contributed by atoms with E-state index in [1.807, 2.05) is 29.1 Å². The molecule has 2 rings (SSSR count). The van der Waals surface area contributed by atoms with Crippen molar-refractivity contribution < 1.29 is 0 Å². The molecule has 0 aliphatic heterocycles. The normalized spacial score (nSPS) is 11.0. The molecular formula is C18H25Cl2N5S. The molecule has 2 N–H and O–H groups in total. The average molecular weight is 414 g/mol. The van der Waals surface area contributed by atoms with E-state index >= 15 is 0 Å². The highest BCUT2D eigenvalue weighted by atomic mass is 35.5. The monoisotopic (exact) mass is 413 g/mol. The van der Waals surface area contributed by atoms with Crippen LogP contribution in [0.25, 0.3) is 0 Å². The number of aromatic nitrogens is 2. The Morgan fingerprint density at radius 3 is 2.65 bits per heavy atom. The number of anilines is 1. The van der Waals surface area contributed by atoms with Crippen molar-refractivity contribution >= 4 is 46.4 Å². The molecule has 0 atom stereocenters. The maximum atomic E-state index is 6.05. The third-order valence-electron chi connectivity index (χ3n) is 4.04. The zero-order valence-corrected chi connectivity index (χ0v) is 17.5. The van der Waals surface area contributed by atoms with Crippen LogP contribution in [0.1, 0.15) is 25.8 Å². The Morgan fingerprint density at radius 1 is 1.19 bits per heavy atom. The molecule has 0 fully saturated rings. The lowest BCUT2D eigenvalue weighted by molar-refractivity contribution is 0.300. The summed E-state index contributed by atoms with van der Waals surface area (Å²) in [7, 11) is 0. The molecule has 5 nitrogen and oxygen atoms in total. The number of hydrogen-bond acceptors (Lipinski definition) is 3. The second kappa shape index (κ2) is 10.7. The number of benzene rings is 1. The zero-order chi connectivity index (χ0) is 18.9. The van der Waals surface area contributed by atoms with E-state index in [-0.39, 0.29) is 0 Å². The van der Waals surface area contributed by atoms with Crippen LogP contribution >= 0.6 is 35.4 Å². The van der Waals surface area contributed by atoms with E-state index in [2.05, 4.69) is 34.5 Å². The van der Waals surface area contributed by atoms with Gasteiger partial charge in [0.25, 0.3) is 0 Å². The van der Waals surface area contributed by atoms with Crippen molar-refractivity contribution in [1.82, 2.24) is 20.0 Å². The number of thiocarbonyl (C=S) groups is 1. The molecule has 0 radical (unpaired) electrons.